The number of carbonyl (C=O) groups excluding carboxylic acids is 2. The largest absolute Gasteiger partial charge is 0.483 e. The maximum absolute atomic E-state index is 12.5. The van der Waals surface area contributed by atoms with Crippen LogP contribution in [0, 0.1) is 13.8 Å². The molecule has 2 aromatic carbocycles. The average molecular weight is 401 g/mol. The number of rotatable bonds is 6. The van der Waals surface area contributed by atoms with Crippen LogP contribution in [0.4, 0.5) is 0 Å². The molecule has 0 bridgehead atoms. The van der Waals surface area contributed by atoms with E-state index in [1.807, 2.05) is 43.0 Å². The second kappa shape index (κ2) is 9.22. The van der Waals surface area contributed by atoms with E-state index in [0.717, 1.165) is 42.1 Å². The lowest BCUT2D eigenvalue weighted by atomic mass is 10.1. The van der Waals surface area contributed by atoms with Gasteiger partial charge in [-0.1, -0.05) is 23.7 Å². The minimum absolute atomic E-state index is 0.00981. The zero-order valence-electron chi connectivity index (χ0n) is 16.3. The number of hydrogen-bond acceptors (Lipinski definition) is 4. The van der Waals surface area contributed by atoms with Crippen LogP contribution in [0.25, 0.3) is 0 Å². The standard InChI is InChI=1S/C22H25ClN2O3/c1-16-11-19(14-26)12-17(2)22(16)28-15-21(27)25-9-7-24(8-10-25)13-18-3-5-20(23)6-4-18/h3-6,11-12,14H,7-10,13,15H2,1-2H3. The highest BCUT2D eigenvalue weighted by Gasteiger charge is 2.22. The topological polar surface area (TPSA) is 49.9 Å². The normalized spacial score (nSPS) is 14.8. The molecule has 1 fully saturated rings. The molecule has 1 aliphatic heterocycles. The van der Waals surface area contributed by atoms with Crippen molar-refractivity contribution in [2.45, 2.75) is 20.4 Å². The van der Waals surface area contributed by atoms with E-state index < -0.39 is 0 Å². The minimum atomic E-state index is -0.00981. The fourth-order valence-corrected chi connectivity index (χ4v) is 3.63. The number of amides is 1. The second-order valence-electron chi connectivity index (χ2n) is 7.17. The van der Waals surface area contributed by atoms with Crippen molar-refractivity contribution in [3.05, 3.63) is 63.7 Å². The van der Waals surface area contributed by atoms with Crippen LogP contribution in [-0.2, 0) is 11.3 Å². The second-order valence-corrected chi connectivity index (χ2v) is 7.61. The van der Waals surface area contributed by atoms with Crippen molar-refractivity contribution < 1.29 is 14.3 Å². The Bertz CT molecular complexity index is 820. The van der Waals surface area contributed by atoms with Gasteiger partial charge in [0.1, 0.15) is 12.0 Å². The van der Waals surface area contributed by atoms with Gasteiger partial charge in [0, 0.05) is 43.3 Å². The number of aldehydes is 1. The summed E-state index contributed by atoms with van der Waals surface area (Å²) >= 11 is 5.93. The summed E-state index contributed by atoms with van der Waals surface area (Å²) in [5.41, 5.74) is 3.56. The first-order chi connectivity index (χ1) is 13.5. The third-order valence-electron chi connectivity index (χ3n) is 5.00. The van der Waals surface area contributed by atoms with E-state index in [2.05, 4.69) is 4.90 Å². The molecule has 0 radical (unpaired) electrons. The van der Waals surface area contributed by atoms with Crippen molar-refractivity contribution in [3.63, 3.8) is 0 Å². The highest BCUT2D eigenvalue weighted by Crippen LogP contribution is 2.24. The predicted molar refractivity (Wildman–Crippen MR) is 110 cm³/mol. The number of halogens is 1. The van der Waals surface area contributed by atoms with Crippen LogP contribution in [0.3, 0.4) is 0 Å². The van der Waals surface area contributed by atoms with Gasteiger partial charge in [0.25, 0.3) is 5.91 Å². The fraction of sp³-hybridized carbons (Fsp3) is 0.364. The van der Waals surface area contributed by atoms with Gasteiger partial charge >= 0.3 is 0 Å². The highest BCUT2D eigenvalue weighted by atomic mass is 35.5. The van der Waals surface area contributed by atoms with Crippen LogP contribution in [-0.4, -0.2) is 54.8 Å². The van der Waals surface area contributed by atoms with Gasteiger partial charge in [0.2, 0.25) is 0 Å². The smallest absolute Gasteiger partial charge is 0.260 e. The lowest BCUT2D eigenvalue weighted by molar-refractivity contribution is -0.135. The molecule has 5 nitrogen and oxygen atoms in total. The van der Waals surface area contributed by atoms with Crippen molar-refractivity contribution >= 4 is 23.8 Å². The van der Waals surface area contributed by atoms with Crippen LogP contribution in [0.2, 0.25) is 5.02 Å². The van der Waals surface area contributed by atoms with Crippen molar-refractivity contribution in [3.8, 4) is 5.75 Å². The van der Waals surface area contributed by atoms with Gasteiger partial charge < -0.3 is 9.64 Å². The van der Waals surface area contributed by atoms with Crippen LogP contribution in [0.1, 0.15) is 27.0 Å². The Morgan fingerprint density at radius 2 is 1.68 bits per heavy atom. The fourth-order valence-electron chi connectivity index (χ4n) is 3.51. The van der Waals surface area contributed by atoms with Gasteiger partial charge in [-0.15, -0.1) is 0 Å². The van der Waals surface area contributed by atoms with Gasteiger partial charge in [-0.05, 0) is 54.8 Å². The van der Waals surface area contributed by atoms with Crippen molar-refractivity contribution in [1.29, 1.82) is 0 Å². The Morgan fingerprint density at radius 3 is 2.25 bits per heavy atom. The van der Waals surface area contributed by atoms with Gasteiger partial charge in [0.15, 0.2) is 6.61 Å². The summed E-state index contributed by atoms with van der Waals surface area (Å²) in [5.74, 6) is 0.671. The zero-order chi connectivity index (χ0) is 20.1. The van der Waals surface area contributed by atoms with Crippen LogP contribution in [0.15, 0.2) is 36.4 Å². The number of benzene rings is 2. The first-order valence-electron chi connectivity index (χ1n) is 9.40. The molecule has 1 heterocycles. The number of piperazine rings is 1. The SMILES string of the molecule is Cc1cc(C=O)cc(C)c1OCC(=O)N1CCN(Cc2ccc(Cl)cc2)CC1. The minimum Gasteiger partial charge on any atom is -0.483 e. The molecule has 148 valence electrons. The molecule has 2 aromatic rings. The van der Waals surface area contributed by atoms with Gasteiger partial charge in [-0.3, -0.25) is 14.5 Å². The lowest BCUT2D eigenvalue weighted by Gasteiger charge is -2.34. The third kappa shape index (κ3) is 5.12. The third-order valence-corrected chi connectivity index (χ3v) is 5.26. The summed E-state index contributed by atoms with van der Waals surface area (Å²) in [6, 6.07) is 11.4. The number of ether oxygens (including phenoxy) is 1. The van der Waals surface area contributed by atoms with E-state index in [9.17, 15) is 9.59 Å². The molecular formula is C22H25ClN2O3. The van der Waals surface area contributed by atoms with E-state index in [-0.39, 0.29) is 12.5 Å². The maximum atomic E-state index is 12.5. The molecule has 1 amide bonds. The van der Waals surface area contributed by atoms with Crippen molar-refractivity contribution in [1.82, 2.24) is 9.80 Å². The Labute approximate surface area is 170 Å². The molecular weight excluding hydrogens is 376 g/mol. The van der Waals surface area contributed by atoms with Gasteiger partial charge in [0.05, 0.1) is 0 Å². The van der Waals surface area contributed by atoms with E-state index in [4.69, 9.17) is 16.3 Å². The molecule has 6 heteroatoms. The molecule has 0 N–H and O–H groups in total. The summed E-state index contributed by atoms with van der Waals surface area (Å²) in [6.07, 6.45) is 0.818. The van der Waals surface area contributed by atoms with E-state index in [1.165, 1.54) is 5.56 Å². The summed E-state index contributed by atoms with van der Waals surface area (Å²) in [4.78, 5) is 27.7. The molecule has 0 aliphatic carbocycles. The Morgan fingerprint density at radius 1 is 1.07 bits per heavy atom. The Hall–Kier alpha value is -2.37. The van der Waals surface area contributed by atoms with E-state index in [0.29, 0.717) is 24.4 Å². The first-order valence-corrected chi connectivity index (χ1v) is 9.78. The van der Waals surface area contributed by atoms with Crippen molar-refractivity contribution in [2.75, 3.05) is 32.8 Å². The van der Waals surface area contributed by atoms with Crippen LogP contribution >= 0.6 is 11.6 Å². The average Bonchev–Trinajstić information content (AvgIpc) is 2.69. The summed E-state index contributed by atoms with van der Waals surface area (Å²) in [6.45, 7) is 7.69. The van der Waals surface area contributed by atoms with Gasteiger partial charge in [-0.2, -0.15) is 0 Å². The van der Waals surface area contributed by atoms with E-state index >= 15 is 0 Å². The molecule has 28 heavy (non-hydrogen) atoms. The highest BCUT2D eigenvalue weighted by molar-refractivity contribution is 6.30. The molecule has 0 saturated carbocycles. The monoisotopic (exact) mass is 400 g/mol. The van der Waals surface area contributed by atoms with Crippen LogP contribution < -0.4 is 4.74 Å². The Kier molecular flexibility index (Phi) is 6.70. The zero-order valence-corrected chi connectivity index (χ0v) is 17.0. The maximum Gasteiger partial charge on any atom is 0.260 e. The van der Waals surface area contributed by atoms with Crippen LogP contribution in [0.5, 0.6) is 5.75 Å². The molecule has 0 aromatic heterocycles. The molecule has 1 saturated heterocycles. The summed E-state index contributed by atoms with van der Waals surface area (Å²) in [5, 5.41) is 0.741. The number of hydrogen-bond donors (Lipinski definition) is 0. The summed E-state index contributed by atoms with van der Waals surface area (Å²) in [7, 11) is 0. The molecule has 1 aliphatic rings. The quantitative estimate of drug-likeness (QED) is 0.696. The summed E-state index contributed by atoms with van der Waals surface area (Å²) < 4.78 is 5.78. The number of carbonyl (C=O) groups is 2. The lowest BCUT2D eigenvalue weighted by Crippen LogP contribution is -2.49. The predicted octanol–water partition coefficient (Wildman–Crippen LogP) is 3.49. The first kappa shape index (κ1) is 20.4. The van der Waals surface area contributed by atoms with E-state index in [1.54, 1.807) is 12.1 Å². The molecule has 0 spiro atoms. The Balaban J connectivity index is 1.49. The number of nitrogens with zero attached hydrogens (tertiary/aromatic N) is 2. The van der Waals surface area contributed by atoms with Crippen molar-refractivity contribution in [2.24, 2.45) is 0 Å². The molecule has 3 rings (SSSR count). The van der Waals surface area contributed by atoms with Gasteiger partial charge in [-0.25, -0.2) is 0 Å². The molecule has 0 atom stereocenters. The number of aryl methyl sites for hydroxylation is 2. The molecule has 0 unspecified atom stereocenters.